The van der Waals surface area contributed by atoms with Crippen molar-refractivity contribution in [2.45, 2.75) is 32.3 Å². The minimum absolute atomic E-state index is 0.213. The van der Waals surface area contributed by atoms with E-state index in [1.54, 1.807) is 30.0 Å². The number of carboxylic acid groups (broad SMARTS) is 1. The molecule has 0 fully saturated rings. The summed E-state index contributed by atoms with van der Waals surface area (Å²) in [7, 11) is 0. The van der Waals surface area contributed by atoms with Gasteiger partial charge in [0, 0.05) is 35.3 Å². The number of hydrogen-bond acceptors (Lipinski definition) is 4. The number of nitrogens with one attached hydrogen (secondary N) is 1. The molecular weight excluding hydrogens is 527 g/mol. The first-order valence-electron chi connectivity index (χ1n) is 12.5. The van der Waals surface area contributed by atoms with Crippen LogP contribution in [-0.4, -0.2) is 54.4 Å². The molecule has 3 aromatic rings. The summed E-state index contributed by atoms with van der Waals surface area (Å²) in [5, 5.41) is 13.4. The Bertz CT molecular complexity index is 1160. The third-order valence-corrected chi connectivity index (χ3v) is 6.18. The zero-order valence-electron chi connectivity index (χ0n) is 21.2. The number of rotatable bonds is 14. The molecule has 0 radical (unpaired) electrons. The molecule has 0 bridgehead atoms. The van der Waals surface area contributed by atoms with Gasteiger partial charge in [-0.05, 0) is 73.4 Å². The maximum Gasteiger partial charge on any atom is 0.333 e. The lowest BCUT2D eigenvalue weighted by molar-refractivity contribution is -0.149. The number of carbonyl (C=O) groups excluding carboxylic acids is 1. The van der Waals surface area contributed by atoms with Gasteiger partial charge in [0.15, 0.2) is 6.10 Å². The van der Waals surface area contributed by atoms with Crippen LogP contribution in [0.2, 0.25) is 10.0 Å². The number of urea groups is 1. The average molecular weight is 559 g/mol. The van der Waals surface area contributed by atoms with E-state index in [9.17, 15) is 14.7 Å². The molecule has 202 valence electrons. The lowest BCUT2D eigenvalue weighted by Crippen LogP contribution is -2.38. The number of aliphatic carboxylic acids is 1. The molecule has 0 saturated heterocycles. The molecular formula is C29H32Cl2N2O5. The molecule has 1 unspecified atom stereocenters. The van der Waals surface area contributed by atoms with Crippen molar-refractivity contribution >= 4 is 40.9 Å². The smallest absolute Gasteiger partial charge is 0.333 e. The monoisotopic (exact) mass is 558 g/mol. The molecule has 1 atom stereocenters. The first-order chi connectivity index (χ1) is 18.3. The highest BCUT2D eigenvalue weighted by Gasteiger charge is 2.18. The van der Waals surface area contributed by atoms with Gasteiger partial charge in [-0.2, -0.15) is 0 Å². The van der Waals surface area contributed by atoms with Crippen LogP contribution in [0.15, 0.2) is 72.8 Å². The van der Waals surface area contributed by atoms with Gasteiger partial charge in [0.1, 0.15) is 12.4 Å². The van der Waals surface area contributed by atoms with Crippen LogP contribution in [0.5, 0.6) is 5.75 Å². The van der Waals surface area contributed by atoms with Gasteiger partial charge in [0.2, 0.25) is 0 Å². The summed E-state index contributed by atoms with van der Waals surface area (Å²) in [6.07, 6.45) is 0.829. The van der Waals surface area contributed by atoms with Crippen LogP contribution < -0.4 is 10.1 Å². The summed E-state index contributed by atoms with van der Waals surface area (Å²) in [4.78, 5) is 26.1. The fraction of sp³-hybridized carbons (Fsp3) is 0.310. The number of carboxylic acids is 1. The van der Waals surface area contributed by atoms with E-state index in [4.69, 9.17) is 32.7 Å². The molecule has 38 heavy (non-hydrogen) atoms. The molecule has 3 rings (SSSR count). The van der Waals surface area contributed by atoms with Gasteiger partial charge in [-0.15, -0.1) is 0 Å². The second-order valence-electron chi connectivity index (χ2n) is 8.64. The Balaban J connectivity index is 1.56. The number of nitrogens with zero attached hydrogens (tertiary/aromatic N) is 1. The molecule has 0 aliphatic heterocycles. The van der Waals surface area contributed by atoms with Gasteiger partial charge in [-0.3, -0.25) is 0 Å². The topological polar surface area (TPSA) is 88.1 Å². The number of aryl methyl sites for hydroxylation is 1. The van der Waals surface area contributed by atoms with Crippen molar-refractivity contribution in [2.24, 2.45) is 0 Å². The van der Waals surface area contributed by atoms with Crippen molar-refractivity contribution < 1.29 is 24.2 Å². The fourth-order valence-electron chi connectivity index (χ4n) is 3.90. The van der Waals surface area contributed by atoms with Gasteiger partial charge >= 0.3 is 12.0 Å². The first kappa shape index (κ1) is 29.3. The number of benzene rings is 3. The lowest BCUT2D eigenvalue weighted by Gasteiger charge is -2.23. The predicted octanol–water partition coefficient (Wildman–Crippen LogP) is 6.57. The zero-order valence-corrected chi connectivity index (χ0v) is 22.8. The zero-order chi connectivity index (χ0) is 27.3. The van der Waals surface area contributed by atoms with Crippen LogP contribution in [0.1, 0.15) is 24.5 Å². The van der Waals surface area contributed by atoms with Gasteiger partial charge in [-0.25, -0.2) is 9.59 Å². The molecule has 0 aliphatic rings. The highest BCUT2D eigenvalue weighted by atomic mass is 35.5. The van der Waals surface area contributed by atoms with E-state index in [1.807, 2.05) is 54.6 Å². The van der Waals surface area contributed by atoms with Crippen molar-refractivity contribution in [1.82, 2.24) is 4.90 Å². The minimum Gasteiger partial charge on any atom is -0.492 e. The summed E-state index contributed by atoms with van der Waals surface area (Å²) in [6, 6.07) is 21.7. The molecule has 0 heterocycles. The fourth-order valence-corrected chi connectivity index (χ4v) is 4.47. The van der Waals surface area contributed by atoms with Crippen molar-refractivity contribution in [2.75, 3.05) is 31.6 Å². The SMILES string of the molecule is CCOC(Cc1ccc(OCCN(CCCc2cc(Cl)cc(Cl)c2)C(=O)Nc2ccccc2)cc1)C(=O)O. The number of hydrogen-bond donors (Lipinski definition) is 2. The number of anilines is 1. The number of halogens is 2. The van der Waals surface area contributed by atoms with Crippen LogP contribution in [0.3, 0.4) is 0 Å². The lowest BCUT2D eigenvalue weighted by atomic mass is 10.1. The second-order valence-corrected chi connectivity index (χ2v) is 9.52. The van der Waals surface area contributed by atoms with Crippen LogP contribution in [-0.2, 0) is 22.4 Å². The van der Waals surface area contributed by atoms with E-state index < -0.39 is 12.1 Å². The number of ether oxygens (including phenoxy) is 2. The standard InChI is InChI=1S/C29H32Cl2N2O5/c1-2-37-27(28(34)35)19-21-10-12-26(13-11-21)38-16-15-33(29(36)32-25-8-4-3-5-9-25)14-6-7-22-17-23(30)20-24(31)18-22/h3-5,8-13,17-18,20,27H,2,6-7,14-16,19H2,1H3,(H,32,36)(H,34,35). The normalized spacial score (nSPS) is 11.6. The number of carbonyl (C=O) groups is 2. The molecule has 7 nitrogen and oxygen atoms in total. The van der Waals surface area contributed by atoms with Gasteiger partial charge in [-0.1, -0.05) is 53.5 Å². The maximum absolute atomic E-state index is 13.0. The van der Waals surface area contributed by atoms with E-state index in [1.165, 1.54) is 0 Å². The van der Waals surface area contributed by atoms with Crippen molar-refractivity contribution in [3.63, 3.8) is 0 Å². The summed E-state index contributed by atoms with van der Waals surface area (Å²) in [5.41, 5.74) is 2.56. The molecule has 0 saturated carbocycles. The number of para-hydroxylation sites is 1. The van der Waals surface area contributed by atoms with E-state index in [0.29, 0.717) is 47.8 Å². The Morgan fingerprint density at radius 3 is 2.26 bits per heavy atom. The van der Waals surface area contributed by atoms with E-state index in [2.05, 4.69) is 5.32 Å². The van der Waals surface area contributed by atoms with Gasteiger partial charge < -0.3 is 24.8 Å². The minimum atomic E-state index is -0.987. The van der Waals surface area contributed by atoms with Crippen molar-refractivity contribution in [1.29, 1.82) is 0 Å². The molecule has 3 aromatic carbocycles. The third-order valence-electron chi connectivity index (χ3n) is 5.75. The maximum atomic E-state index is 13.0. The molecule has 0 aromatic heterocycles. The molecule has 0 spiro atoms. The molecule has 0 aliphatic carbocycles. The highest BCUT2D eigenvalue weighted by molar-refractivity contribution is 6.34. The van der Waals surface area contributed by atoms with E-state index in [0.717, 1.165) is 24.0 Å². The summed E-state index contributed by atoms with van der Waals surface area (Å²) in [5.74, 6) is -0.353. The van der Waals surface area contributed by atoms with Gasteiger partial charge in [0.25, 0.3) is 0 Å². The molecule has 9 heteroatoms. The summed E-state index contributed by atoms with van der Waals surface area (Å²) >= 11 is 12.2. The predicted molar refractivity (Wildman–Crippen MR) is 151 cm³/mol. The van der Waals surface area contributed by atoms with Crippen LogP contribution >= 0.6 is 23.2 Å². The van der Waals surface area contributed by atoms with Crippen molar-refractivity contribution in [3.05, 3.63) is 94.0 Å². The summed E-state index contributed by atoms with van der Waals surface area (Å²) < 4.78 is 11.2. The third kappa shape index (κ3) is 9.89. The average Bonchev–Trinajstić information content (AvgIpc) is 2.88. The first-order valence-corrected chi connectivity index (χ1v) is 13.2. The Morgan fingerprint density at radius 1 is 0.947 bits per heavy atom. The van der Waals surface area contributed by atoms with Crippen LogP contribution in [0.25, 0.3) is 0 Å². The Morgan fingerprint density at radius 2 is 1.63 bits per heavy atom. The Kier molecular flexibility index (Phi) is 11.7. The largest absolute Gasteiger partial charge is 0.492 e. The van der Waals surface area contributed by atoms with E-state index in [-0.39, 0.29) is 12.5 Å². The van der Waals surface area contributed by atoms with E-state index >= 15 is 0 Å². The Labute approximate surface area is 233 Å². The molecule has 2 N–H and O–H groups in total. The Hall–Kier alpha value is -3.26. The second kappa shape index (κ2) is 15.2. The molecule has 2 amide bonds. The van der Waals surface area contributed by atoms with Crippen LogP contribution in [0, 0.1) is 0 Å². The highest BCUT2D eigenvalue weighted by Crippen LogP contribution is 2.20. The van der Waals surface area contributed by atoms with Crippen molar-refractivity contribution in [3.8, 4) is 5.75 Å². The van der Waals surface area contributed by atoms with Gasteiger partial charge in [0.05, 0.1) is 6.54 Å². The summed E-state index contributed by atoms with van der Waals surface area (Å²) in [6.45, 7) is 3.28. The number of amides is 2. The van der Waals surface area contributed by atoms with Crippen LogP contribution in [0.4, 0.5) is 10.5 Å². The quantitative estimate of drug-likeness (QED) is 0.233.